The van der Waals surface area contributed by atoms with Crippen LogP contribution in [0.15, 0.2) is 59.5 Å². The first kappa shape index (κ1) is 14.3. The lowest BCUT2D eigenvalue weighted by Crippen LogP contribution is -2.08. The predicted octanol–water partition coefficient (Wildman–Crippen LogP) is 2.75. The summed E-state index contributed by atoms with van der Waals surface area (Å²) in [7, 11) is 0. The summed E-state index contributed by atoms with van der Waals surface area (Å²) in [5.41, 5.74) is 7.74. The third-order valence-electron chi connectivity index (χ3n) is 3.58. The Kier molecular flexibility index (Phi) is 3.59. The summed E-state index contributed by atoms with van der Waals surface area (Å²) < 4.78 is 13.0. The SMILES string of the molecule is Nc1nc(-c2ccco2)c2ncn(CCOc3ccccc3)c2n1. The van der Waals surface area contributed by atoms with Gasteiger partial charge in [0.25, 0.3) is 0 Å². The number of ether oxygens (including phenoxy) is 1. The molecule has 4 rings (SSSR count). The average Bonchev–Trinajstić information content (AvgIpc) is 3.26. The van der Waals surface area contributed by atoms with Gasteiger partial charge < -0.3 is 19.5 Å². The van der Waals surface area contributed by atoms with Crippen LogP contribution in [0.1, 0.15) is 0 Å². The molecule has 120 valence electrons. The Morgan fingerprint density at radius 3 is 2.75 bits per heavy atom. The van der Waals surface area contributed by atoms with Gasteiger partial charge in [-0.3, -0.25) is 0 Å². The number of rotatable bonds is 5. The van der Waals surface area contributed by atoms with E-state index in [1.165, 1.54) is 0 Å². The molecular weight excluding hydrogens is 306 g/mol. The summed E-state index contributed by atoms with van der Waals surface area (Å²) in [6, 6.07) is 13.3. The maximum absolute atomic E-state index is 5.84. The zero-order valence-electron chi connectivity index (χ0n) is 12.8. The number of benzene rings is 1. The highest BCUT2D eigenvalue weighted by Crippen LogP contribution is 2.26. The predicted molar refractivity (Wildman–Crippen MR) is 89.4 cm³/mol. The lowest BCUT2D eigenvalue weighted by Gasteiger charge is -2.07. The van der Waals surface area contributed by atoms with E-state index < -0.39 is 0 Å². The average molecular weight is 321 g/mol. The molecule has 3 heterocycles. The number of anilines is 1. The van der Waals surface area contributed by atoms with E-state index in [2.05, 4.69) is 15.0 Å². The topological polar surface area (TPSA) is 92.0 Å². The van der Waals surface area contributed by atoms with Crippen molar-refractivity contribution in [1.82, 2.24) is 19.5 Å². The van der Waals surface area contributed by atoms with E-state index in [0.29, 0.717) is 35.8 Å². The molecule has 0 aliphatic carbocycles. The van der Waals surface area contributed by atoms with Crippen molar-refractivity contribution in [3.05, 3.63) is 55.1 Å². The van der Waals surface area contributed by atoms with Gasteiger partial charge in [0.15, 0.2) is 11.4 Å². The van der Waals surface area contributed by atoms with Gasteiger partial charge in [-0.05, 0) is 24.3 Å². The molecule has 0 saturated heterocycles. The number of para-hydroxylation sites is 1. The molecule has 24 heavy (non-hydrogen) atoms. The molecule has 0 saturated carbocycles. The third kappa shape index (κ3) is 2.67. The van der Waals surface area contributed by atoms with Gasteiger partial charge in [-0.1, -0.05) is 18.2 Å². The van der Waals surface area contributed by atoms with Crippen molar-refractivity contribution in [2.24, 2.45) is 0 Å². The highest BCUT2D eigenvalue weighted by atomic mass is 16.5. The zero-order valence-corrected chi connectivity index (χ0v) is 12.8. The molecule has 7 nitrogen and oxygen atoms in total. The maximum atomic E-state index is 5.84. The van der Waals surface area contributed by atoms with Gasteiger partial charge in [-0.25, -0.2) is 9.97 Å². The first-order chi connectivity index (χ1) is 11.8. The highest BCUT2D eigenvalue weighted by Gasteiger charge is 2.15. The van der Waals surface area contributed by atoms with E-state index >= 15 is 0 Å². The molecule has 1 aromatic carbocycles. The Morgan fingerprint density at radius 1 is 1.08 bits per heavy atom. The number of nitrogens with zero attached hydrogens (tertiary/aromatic N) is 4. The number of hydrogen-bond donors (Lipinski definition) is 1. The molecule has 2 N–H and O–H groups in total. The fourth-order valence-electron chi connectivity index (χ4n) is 2.49. The number of aromatic nitrogens is 4. The molecule has 0 unspecified atom stereocenters. The van der Waals surface area contributed by atoms with Gasteiger partial charge in [0.1, 0.15) is 23.6 Å². The number of fused-ring (bicyclic) bond motifs is 1. The Balaban J connectivity index is 1.60. The van der Waals surface area contributed by atoms with Crippen molar-refractivity contribution in [3.8, 4) is 17.2 Å². The summed E-state index contributed by atoms with van der Waals surface area (Å²) >= 11 is 0. The number of imidazole rings is 1. The van der Waals surface area contributed by atoms with Crippen LogP contribution in [0.5, 0.6) is 5.75 Å². The summed E-state index contributed by atoms with van der Waals surface area (Å²) in [5, 5.41) is 0. The molecule has 0 aliphatic heterocycles. The largest absolute Gasteiger partial charge is 0.492 e. The van der Waals surface area contributed by atoms with Crippen molar-refractivity contribution >= 4 is 17.1 Å². The molecule has 0 fully saturated rings. The van der Waals surface area contributed by atoms with Crippen LogP contribution in [0.4, 0.5) is 5.95 Å². The lowest BCUT2D eigenvalue weighted by molar-refractivity contribution is 0.300. The Labute approximate surface area is 137 Å². The smallest absolute Gasteiger partial charge is 0.222 e. The zero-order chi connectivity index (χ0) is 16.4. The second-order valence-corrected chi connectivity index (χ2v) is 5.18. The van der Waals surface area contributed by atoms with Gasteiger partial charge >= 0.3 is 0 Å². The standard InChI is InChI=1S/C17H15N5O2/c18-17-20-14(13-7-4-9-24-13)15-16(21-17)22(11-19-15)8-10-23-12-5-2-1-3-6-12/h1-7,9,11H,8,10H2,(H2,18,20,21). The fraction of sp³-hybridized carbons (Fsp3) is 0.118. The third-order valence-corrected chi connectivity index (χ3v) is 3.58. The van der Waals surface area contributed by atoms with E-state index in [4.69, 9.17) is 14.9 Å². The van der Waals surface area contributed by atoms with Gasteiger partial charge in [-0.15, -0.1) is 0 Å². The lowest BCUT2D eigenvalue weighted by atomic mass is 10.3. The minimum atomic E-state index is 0.180. The van der Waals surface area contributed by atoms with E-state index in [1.54, 1.807) is 18.7 Å². The Bertz CT molecular complexity index is 948. The number of nitrogen functional groups attached to an aromatic ring is 1. The van der Waals surface area contributed by atoms with Crippen LogP contribution >= 0.6 is 0 Å². The highest BCUT2D eigenvalue weighted by molar-refractivity contribution is 5.86. The first-order valence-corrected chi connectivity index (χ1v) is 7.51. The molecule has 4 aromatic rings. The van der Waals surface area contributed by atoms with Crippen molar-refractivity contribution in [2.45, 2.75) is 6.54 Å². The van der Waals surface area contributed by atoms with Crippen LogP contribution in [0.25, 0.3) is 22.6 Å². The molecule has 0 radical (unpaired) electrons. The maximum Gasteiger partial charge on any atom is 0.222 e. The first-order valence-electron chi connectivity index (χ1n) is 7.51. The minimum Gasteiger partial charge on any atom is -0.492 e. The Hall–Kier alpha value is -3.35. The van der Waals surface area contributed by atoms with Crippen LogP contribution < -0.4 is 10.5 Å². The van der Waals surface area contributed by atoms with Crippen LogP contribution in [0, 0.1) is 0 Å². The minimum absolute atomic E-state index is 0.180. The molecule has 0 atom stereocenters. The molecular formula is C17H15N5O2. The summed E-state index contributed by atoms with van der Waals surface area (Å²) in [5.74, 6) is 1.62. The van der Waals surface area contributed by atoms with E-state index in [0.717, 1.165) is 5.75 Å². The molecule has 0 spiro atoms. The van der Waals surface area contributed by atoms with Crippen molar-refractivity contribution < 1.29 is 9.15 Å². The van der Waals surface area contributed by atoms with Crippen LogP contribution in [0.2, 0.25) is 0 Å². The second kappa shape index (κ2) is 6.04. The molecule has 7 heteroatoms. The molecule has 0 aliphatic rings. The van der Waals surface area contributed by atoms with Crippen LogP contribution in [-0.2, 0) is 6.54 Å². The second-order valence-electron chi connectivity index (χ2n) is 5.18. The summed E-state index contributed by atoms with van der Waals surface area (Å²) in [6.07, 6.45) is 3.30. The number of furan rings is 1. The van der Waals surface area contributed by atoms with Gasteiger partial charge in [0, 0.05) is 0 Å². The molecule has 3 aromatic heterocycles. The van der Waals surface area contributed by atoms with E-state index in [1.807, 2.05) is 41.0 Å². The monoisotopic (exact) mass is 321 g/mol. The molecule has 0 amide bonds. The van der Waals surface area contributed by atoms with Crippen LogP contribution in [0.3, 0.4) is 0 Å². The summed E-state index contributed by atoms with van der Waals surface area (Å²) in [4.78, 5) is 13.0. The van der Waals surface area contributed by atoms with Gasteiger partial charge in [0.05, 0.1) is 19.1 Å². The fourth-order valence-corrected chi connectivity index (χ4v) is 2.49. The van der Waals surface area contributed by atoms with Gasteiger partial charge in [0.2, 0.25) is 5.95 Å². The van der Waals surface area contributed by atoms with Gasteiger partial charge in [-0.2, -0.15) is 4.98 Å². The van der Waals surface area contributed by atoms with Crippen LogP contribution in [-0.4, -0.2) is 26.1 Å². The van der Waals surface area contributed by atoms with E-state index in [-0.39, 0.29) is 5.95 Å². The number of hydrogen-bond acceptors (Lipinski definition) is 6. The van der Waals surface area contributed by atoms with Crippen molar-refractivity contribution in [2.75, 3.05) is 12.3 Å². The van der Waals surface area contributed by atoms with Crippen molar-refractivity contribution in [1.29, 1.82) is 0 Å². The van der Waals surface area contributed by atoms with Crippen molar-refractivity contribution in [3.63, 3.8) is 0 Å². The molecule has 0 bridgehead atoms. The normalized spacial score (nSPS) is 11.0. The number of nitrogens with two attached hydrogens (primary N) is 1. The van der Waals surface area contributed by atoms with E-state index in [9.17, 15) is 0 Å². The Morgan fingerprint density at radius 2 is 1.96 bits per heavy atom. The summed E-state index contributed by atoms with van der Waals surface area (Å²) in [6.45, 7) is 1.09. The quantitative estimate of drug-likeness (QED) is 0.607.